The van der Waals surface area contributed by atoms with Gasteiger partial charge in [-0.3, -0.25) is 0 Å². The van der Waals surface area contributed by atoms with E-state index in [1.165, 1.54) is 10.4 Å². The first kappa shape index (κ1) is 16.6. The van der Waals surface area contributed by atoms with Gasteiger partial charge in [-0.25, -0.2) is 14.5 Å². The van der Waals surface area contributed by atoms with Gasteiger partial charge >= 0.3 is 0 Å². The second-order valence-corrected chi connectivity index (χ2v) is 9.47. The molecule has 0 aliphatic carbocycles. The largest absolute Gasteiger partial charge is 0.399 e. The van der Waals surface area contributed by atoms with Gasteiger partial charge in [0.2, 0.25) is 0 Å². The van der Waals surface area contributed by atoms with Crippen LogP contribution in [-0.2, 0) is 12.0 Å². The SMILES string of the molecule is CC1(C)Cc2c(sc3ncn4nc(-c5ccc(N)cc5)nc4c23)C(C)(C)N1. The lowest BCUT2D eigenvalue weighted by Crippen LogP contribution is -2.54. The molecule has 0 fully saturated rings. The van der Waals surface area contributed by atoms with Crippen molar-refractivity contribution >= 4 is 32.9 Å². The van der Waals surface area contributed by atoms with Crippen LogP contribution >= 0.6 is 11.3 Å². The normalized spacial score (nSPS) is 18.1. The Kier molecular flexibility index (Phi) is 3.25. The molecule has 1 aromatic carbocycles. The molecule has 0 spiro atoms. The first-order chi connectivity index (χ1) is 12.7. The molecule has 0 amide bonds. The summed E-state index contributed by atoms with van der Waals surface area (Å²) in [6, 6.07) is 7.65. The van der Waals surface area contributed by atoms with E-state index in [0.29, 0.717) is 5.82 Å². The molecule has 138 valence electrons. The number of nitrogens with one attached hydrogen (secondary N) is 1. The quantitative estimate of drug-likeness (QED) is 0.493. The van der Waals surface area contributed by atoms with Crippen LogP contribution in [0.5, 0.6) is 0 Å². The lowest BCUT2D eigenvalue weighted by Gasteiger charge is -2.42. The Hall–Kier alpha value is -2.51. The molecule has 0 saturated heterocycles. The van der Waals surface area contributed by atoms with Gasteiger partial charge in [0.1, 0.15) is 11.2 Å². The number of anilines is 1. The van der Waals surface area contributed by atoms with Gasteiger partial charge in [0, 0.05) is 27.2 Å². The van der Waals surface area contributed by atoms with Crippen molar-refractivity contribution in [3.05, 3.63) is 41.0 Å². The van der Waals surface area contributed by atoms with Gasteiger partial charge in [-0.05, 0) is 63.9 Å². The summed E-state index contributed by atoms with van der Waals surface area (Å²) in [7, 11) is 0. The number of nitrogen functional groups attached to an aromatic ring is 1. The molecule has 3 N–H and O–H groups in total. The van der Waals surface area contributed by atoms with Gasteiger partial charge in [-0.2, -0.15) is 0 Å². The maximum absolute atomic E-state index is 5.81. The van der Waals surface area contributed by atoms with E-state index in [4.69, 9.17) is 10.7 Å². The molecule has 0 saturated carbocycles. The number of nitrogens with two attached hydrogens (primary N) is 1. The third-order valence-corrected chi connectivity index (χ3v) is 6.60. The first-order valence-electron chi connectivity index (χ1n) is 9.06. The Morgan fingerprint density at radius 1 is 1.15 bits per heavy atom. The molecule has 6 nitrogen and oxygen atoms in total. The minimum Gasteiger partial charge on any atom is -0.399 e. The maximum atomic E-state index is 5.81. The molecule has 5 rings (SSSR count). The number of thiophene rings is 1. The van der Waals surface area contributed by atoms with E-state index in [-0.39, 0.29) is 11.1 Å². The molecule has 4 aromatic rings. The molecule has 1 aliphatic heterocycles. The van der Waals surface area contributed by atoms with Crippen LogP contribution in [-0.4, -0.2) is 25.1 Å². The molecule has 1 aliphatic rings. The van der Waals surface area contributed by atoms with Crippen molar-refractivity contribution in [3.8, 4) is 11.4 Å². The van der Waals surface area contributed by atoms with Crippen LogP contribution in [0.4, 0.5) is 5.69 Å². The minimum absolute atomic E-state index is 0.0111. The molecular weight excluding hydrogens is 356 g/mol. The van der Waals surface area contributed by atoms with E-state index >= 15 is 0 Å². The van der Waals surface area contributed by atoms with Gasteiger partial charge in [0.15, 0.2) is 11.5 Å². The Morgan fingerprint density at radius 3 is 2.63 bits per heavy atom. The van der Waals surface area contributed by atoms with Crippen LogP contribution in [0.1, 0.15) is 38.1 Å². The van der Waals surface area contributed by atoms with E-state index in [9.17, 15) is 0 Å². The number of hydrogen-bond donors (Lipinski definition) is 2. The van der Waals surface area contributed by atoms with Gasteiger partial charge in [0.25, 0.3) is 0 Å². The second-order valence-electron chi connectivity index (χ2n) is 8.47. The van der Waals surface area contributed by atoms with Crippen LogP contribution in [0.3, 0.4) is 0 Å². The zero-order valence-corrected chi connectivity index (χ0v) is 16.7. The Labute approximate surface area is 161 Å². The maximum Gasteiger partial charge on any atom is 0.182 e. The highest BCUT2D eigenvalue weighted by molar-refractivity contribution is 7.19. The molecule has 7 heteroatoms. The van der Waals surface area contributed by atoms with Crippen LogP contribution < -0.4 is 11.1 Å². The van der Waals surface area contributed by atoms with Crippen molar-refractivity contribution in [1.29, 1.82) is 0 Å². The summed E-state index contributed by atoms with van der Waals surface area (Å²) in [4.78, 5) is 11.9. The highest BCUT2D eigenvalue weighted by atomic mass is 32.1. The molecule has 0 bridgehead atoms. The monoisotopic (exact) mass is 378 g/mol. The zero-order valence-electron chi connectivity index (χ0n) is 15.9. The number of aromatic nitrogens is 4. The Morgan fingerprint density at radius 2 is 1.89 bits per heavy atom. The predicted molar refractivity (Wildman–Crippen MR) is 110 cm³/mol. The van der Waals surface area contributed by atoms with Crippen LogP contribution in [0, 0.1) is 0 Å². The standard InChI is InChI=1S/C20H22N6S/c1-19(2)9-13-14-17-23-16(11-5-7-12(21)8-6-11)24-26(17)10-22-18(14)27-15(13)20(3,4)25-19/h5-8,10,25H,9,21H2,1-4H3. The second kappa shape index (κ2) is 5.27. The molecule has 3 aromatic heterocycles. The predicted octanol–water partition coefficient (Wildman–Crippen LogP) is 3.75. The fourth-order valence-electron chi connectivity index (χ4n) is 4.27. The van der Waals surface area contributed by atoms with E-state index in [0.717, 1.165) is 33.5 Å². The van der Waals surface area contributed by atoms with Crippen molar-refractivity contribution in [2.75, 3.05) is 5.73 Å². The van der Waals surface area contributed by atoms with E-state index in [1.807, 2.05) is 24.3 Å². The van der Waals surface area contributed by atoms with Gasteiger partial charge in [0.05, 0.1) is 5.39 Å². The van der Waals surface area contributed by atoms with Gasteiger partial charge in [-0.1, -0.05) is 0 Å². The summed E-state index contributed by atoms with van der Waals surface area (Å²) in [6.07, 6.45) is 2.70. The summed E-state index contributed by atoms with van der Waals surface area (Å²) >= 11 is 1.76. The van der Waals surface area contributed by atoms with E-state index < -0.39 is 0 Å². The third kappa shape index (κ3) is 2.53. The van der Waals surface area contributed by atoms with E-state index in [2.05, 4.69) is 43.1 Å². The van der Waals surface area contributed by atoms with Gasteiger partial charge < -0.3 is 11.1 Å². The van der Waals surface area contributed by atoms with Crippen LogP contribution in [0.25, 0.3) is 27.3 Å². The summed E-state index contributed by atoms with van der Waals surface area (Å²) in [5.74, 6) is 0.691. The number of hydrogen-bond acceptors (Lipinski definition) is 6. The molecule has 27 heavy (non-hydrogen) atoms. The summed E-state index contributed by atoms with van der Waals surface area (Å²) in [6.45, 7) is 8.97. The number of nitrogens with zero attached hydrogens (tertiary/aromatic N) is 4. The molecule has 4 heterocycles. The highest BCUT2D eigenvalue weighted by Gasteiger charge is 2.39. The fraction of sp³-hybridized carbons (Fsp3) is 0.350. The Bertz CT molecular complexity index is 1180. The minimum atomic E-state index is -0.0980. The first-order valence-corrected chi connectivity index (χ1v) is 9.88. The zero-order chi connectivity index (χ0) is 19.0. The number of rotatable bonds is 1. The van der Waals surface area contributed by atoms with Gasteiger partial charge in [-0.15, -0.1) is 16.4 Å². The lowest BCUT2D eigenvalue weighted by molar-refractivity contribution is 0.248. The van der Waals surface area contributed by atoms with Crippen molar-refractivity contribution in [3.63, 3.8) is 0 Å². The molecule has 0 radical (unpaired) electrons. The molecule has 0 atom stereocenters. The van der Waals surface area contributed by atoms with Crippen LogP contribution in [0.15, 0.2) is 30.6 Å². The third-order valence-electron chi connectivity index (χ3n) is 5.13. The molecule has 0 unspecified atom stereocenters. The van der Waals surface area contributed by atoms with Crippen molar-refractivity contribution in [1.82, 2.24) is 24.9 Å². The molecular formula is C20H22N6S. The van der Waals surface area contributed by atoms with Crippen molar-refractivity contribution in [2.45, 2.75) is 45.2 Å². The number of benzene rings is 1. The summed E-state index contributed by atoms with van der Waals surface area (Å²) < 4.78 is 1.79. The summed E-state index contributed by atoms with van der Waals surface area (Å²) in [5.41, 5.74) is 9.62. The fourth-order valence-corrected chi connectivity index (χ4v) is 5.48. The van der Waals surface area contributed by atoms with Crippen molar-refractivity contribution in [2.24, 2.45) is 0 Å². The summed E-state index contributed by atoms with van der Waals surface area (Å²) in [5, 5.41) is 9.55. The van der Waals surface area contributed by atoms with Crippen LogP contribution in [0.2, 0.25) is 0 Å². The average molecular weight is 379 g/mol. The lowest BCUT2D eigenvalue weighted by atomic mass is 9.82. The van der Waals surface area contributed by atoms with E-state index in [1.54, 1.807) is 22.2 Å². The Balaban J connectivity index is 1.78. The number of fused-ring (bicyclic) bond motifs is 5. The smallest absolute Gasteiger partial charge is 0.182 e. The topological polar surface area (TPSA) is 81.1 Å². The van der Waals surface area contributed by atoms with Crippen molar-refractivity contribution < 1.29 is 0 Å². The average Bonchev–Trinajstić information content (AvgIpc) is 3.15. The highest BCUT2D eigenvalue weighted by Crippen LogP contribution is 2.44.